The molecule has 98 valence electrons. The van der Waals surface area contributed by atoms with E-state index in [4.69, 9.17) is 10.00 Å². The molecule has 0 atom stereocenters. The minimum atomic E-state index is -4.00. The lowest BCUT2D eigenvalue weighted by molar-refractivity contribution is 0.172. The van der Waals surface area contributed by atoms with Crippen molar-refractivity contribution in [1.29, 1.82) is 5.26 Å². The molecule has 0 spiro atoms. The van der Waals surface area contributed by atoms with Crippen LogP contribution in [0.25, 0.3) is 0 Å². The second-order valence-electron chi connectivity index (χ2n) is 2.90. The molecule has 9 heteroatoms. The lowest BCUT2D eigenvalue weighted by Crippen LogP contribution is -2.45. The number of carbonyl (C=O) groups excluding carboxylic acids is 1. The van der Waals surface area contributed by atoms with Crippen molar-refractivity contribution in [2.24, 2.45) is 0 Å². The highest BCUT2D eigenvalue weighted by atomic mass is 32.2. The number of amides is 1. The molecule has 0 heterocycles. The summed E-state index contributed by atoms with van der Waals surface area (Å²) in [4.78, 5) is 10.8. The number of nitrogens with one attached hydrogen (secondary N) is 1. The minimum Gasteiger partial charge on any atom is -0.452 e. The average molecular weight is 265 g/mol. The van der Waals surface area contributed by atoms with Crippen LogP contribution in [0.1, 0.15) is 6.42 Å². The van der Waals surface area contributed by atoms with Crippen molar-refractivity contribution < 1.29 is 22.7 Å². The lowest BCUT2D eigenvalue weighted by atomic mass is 10.4. The van der Waals surface area contributed by atoms with E-state index in [1.807, 2.05) is 6.07 Å². The van der Waals surface area contributed by atoms with Gasteiger partial charge in [-0.15, -0.1) is 0 Å². The van der Waals surface area contributed by atoms with E-state index in [1.54, 1.807) is 4.72 Å². The van der Waals surface area contributed by atoms with E-state index < -0.39 is 16.3 Å². The topological polar surface area (TPSA) is 109 Å². The van der Waals surface area contributed by atoms with Crippen molar-refractivity contribution in [3.05, 3.63) is 0 Å². The highest BCUT2D eigenvalue weighted by Crippen LogP contribution is 2.00. The Labute approximate surface area is 100 Å². The van der Waals surface area contributed by atoms with Crippen LogP contribution in [-0.4, -0.2) is 52.7 Å². The molecule has 0 rings (SSSR count). The lowest BCUT2D eigenvalue weighted by Gasteiger charge is -2.20. The highest BCUT2D eigenvalue weighted by Gasteiger charge is 2.23. The molecule has 8 nitrogen and oxygen atoms in total. The van der Waals surface area contributed by atoms with E-state index >= 15 is 0 Å². The summed E-state index contributed by atoms with van der Waals surface area (Å²) >= 11 is 0. The molecular weight excluding hydrogens is 250 g/mol. The standard InChI is InChI=1S/C8H15N3O5S/c1-15-7-6-11(5-3-4-9)17(13,14)10-8(12)16-2/h3,5-7H2,1-2H3,(H,10,12). The smallest absolute Gasteiger partial charge is 0.421 e. The van der Waals surface area contributed by atoms with Gasteiger partial charge < -0.3 is 9.47 Å². The van der Waals surface area contributed by atoms with Crippen LogP contribution >= 0.6 is 0 Å². The molecule has 1 N–H and O–H groups in total. The normalized spacial score (nSPS) is 10.9. The third-order valence-corrected chi connectivity index (χ3v) is 3.23. The summed E-state index contributed by atoms with van der Waals surface area (Å²) in [6, 6.07) is 1.82. The van der Waals surface area contributed by atoms with Crippen LogP contribution in [0.15, 0.2) is 0 Å². The van der Waals surface area contributed by atoms with Gasteiger partial charge in [0.2, 0.25) is 0 Å². The summed E-state index contributed by atoms with van der Waals surface area (Å²) in [6.45, 7) is 0.185. The van der Waals surface area contributed by atoms with Gasteiger partial charge in [-0.05, 0) is 0 Å². The molecule has 0 saturated carbocycles. The number of methoxy groups -OCH3 is 2. The van der Waals surface area contributed by atoms with Gasteiger partial charge in [-0.3, -0.25) is 0 Å². The maximum Gasteiger partial charge on any atom is 0.421 e. The molecule has 0 aliphatic carbocycles. The van der Waals surface area contributed by atoms with Crippen LogP contribution in [0.5, 0.6) is 0 Å². The molecule has 0 aromatic rings. The number of nitrogens with zero attached hydrogens (tertiary/aromatic N) is 2. The van der Waals surface area contributed by atoms with Crippen LogP contribution in [0.4, 0.5) is 4.79 Å². The van der Waals surface area contributed by atoms with Crippen LogP contribution in [-0.2, 0) is 19.7 Å². The van der Waals surface area contributed by atoms with Crippen molar-refractivity contribution in [2.45, 2.75) is 6.42 Å². The van der Waals surface area contributed by atoms with Gasteiger partial charge in [-0.2, -0.15) is 18.0 Å². The zero-order valence-corrected chi connectivity index (χ0v) is 10.5. The Morgan fingerprint density at radius 2 is 2.06 bits per heavy atom. The van der Waals surface area contributed by atoms with Crippen LogP contribution in [0.2, 0.25) is 0 Å². The molecule has 0 bridgehead atoms. The molecule has 0 aliphatic rings. The van der Waals surface area contributed by atoms with E-state index in [0.29, 0.717) is 0 Å². The van der Waals surface area contributed by atoms with Crippen molar-refractivity contribution in [3.8, 4) is 6.07 Å². The van der Waals surface area contributed by atoms with Crippen LogP contribution in [0, 0.1) is 11.3 Å². The fourth-order valence-corrected chi connectivity index (χ4v) is 2.00. The first-order valence-electron chi connectivity index (χ1n) is 4.69. The Hall–Kier alpha value is -1.37. The predicted octanol–water partition coefficient (Wildman–Crippen LogP) is -0.551. The maximum absolute atomic E-state index is 11.7. The second-order valence-corrected chi connectivity index (χ2v) is 4.57. The van der Waals surface area contributed by atoms with Crippen molar-refractivity contribution in [1.82, 2.24) is 9.03 Å². The van der Waals surface area contributed by atoms with E-state index in [2.05, 4.69) is 4.74 Å². The van der Waals surface area contributed by atoms with Crippen molar-refractivity contribution in [3.63, 3.8) is 0 Å². The molecular formula is C8H15N3O5S. The summed E-state index contributed by atoms with van der Waals surface area (Å²) < 4.78 is 34.9. The van der Waals surface area contributed by atoms with Gasteiger partial charge in [-0.1, -0.05) is 0 Å². The molecule has 0 saturated heterocycles. The summed E-state index contributed by atoms with van der Waals surface area (Å²) in [7, 11) is -1.53. The van der Waals surface area contributed by atoms with Gasteiger partial charge in [0, 0.05) is 26.6 Å². The molecule has 17 heavy (non-hydrogen) atoms. The third-order valence-electron chi connectivity index (χ3n) is 1.76. The molecule has 1 amide bonds. The van der Waals surface area contributed by atoms with Gasteiger partial charge in [0.05, 0.1) is 19.8 Å². The molecule has 0 unspecified atom stereocenters. The van der Waals surface area contributed by atoms with E-state index in [1.165, 1.54) is 7.11 Å². The Bertz CT molecular complexity index is 375. The molecule has 0 aromatic carbocycles. The highest BCUT2D eigenvalue weighted by molar-refractivity contribution is 7.87. The minimum absolute atomic E-state index is 0.0196. The van der Waals surface area contributed by atoms with Crippen LogP contribution in [0.3, 0.4) is 0 Å². The third kappa shape index (κ3) is 6.06. The van der Waals surface area contributed by atoms with Crippen molar-refractivity contribution >= 4 is 16.3 Å². The Kier molecular flexibility index (Phi) is 7.20. The second kappa shape index (κ2) is 7.83. The van der Waals surface area contributed by atoms with Gasteiger partial charge in [0.1, 0.15) is 0 Å². The number of rotatable bonds is 7. The van der Waals surface area contributed by atoms with E-state index in [0.717, 1.165) is 11.4 Å². The monoisotopic (exact) mass is 265 g/mol. The zero-order valence-electron chi connectivity index (χ0n) is 9.67. The summed E-state index contributed by atoms with van der Waals surface area (Å²) in [5, 5.41) is 8.42. The molecule has 0 aromatic heterocycles. The predicted molar refractivity (Wildman–Crippen MR) is 58.1 cm³/mol. The SMILES string of the molecule is COCCN(CCC#N)S(=O)(=O)NC(=O)OC. The summed E-state index contributed by atoms with van der Waals surface area (Å²) in [6.07, 6.45) is -1.06. The number of carbonyl (C=O) groups is 1. The first kappa shape index (κ1) is 15.6. The fourth-order valence-electron chi connectivity index (χ4n) is 0.931. The fraction of sp³-hybridized carbons (Fsp3) is 0.750. The van der Waals surface area contributed by atoms with Gasteiger partial charge in [0.15, 0.2) is 0 Å². The number of nitriles is 1. The van der Waals surface area contributed by atoms with Crippen molar-refractivity contribution in [2.75, 3.05) is 33.9 Å². The Balaban J connectivity index is 4.64. The quantitative estimate of drug-likeness (QED) is 0.661. The summed E-state index contributed by atoms with van der Waals surface area (Å²) in [5.41, 5.74) is 0. The van der Waals surface area contributed by atoms with Crippen LogP contribution < -0.4 is 4.72 Å². The number of hydrogen-bond acceptors (Lipinski definition) is 6. The number of ether oxygens (including phenoxy) is 2. The van der Waals surface area contributed by atoms with Gasteiger partial charge >= 0.3 is 16.3 Å². The average Bonchev–Trinajstić information content (AvgIpc) is 2.28. The molecule has 0 aliphatic heterocycles. The maximum atomic E-state index is 11.7. The largest absolute Gasteiger partial charge is 0.452 e. The molecule has 0 radical (unpaired) electrons. The van der Waals surface area contributed by atoms with Gasteiger partial charge in [0.25, 0.3) is 0 Å². The summed E-state index contributed by atoms with van der Waals surface area (Å²) in [5.74, 6) is 0. The molecule has 0 fully saturated rings. The Morgan fingerprint density at radius 3 is 2.53 bits per heavy atom. The Morgan fingerprint density at radius 1 is 1.41 bits per heavy atom. The van der Waals surface area contributed by atoms with E-state index in [-0.39, 0.29) is 26.1 Å². The first-order valence-corrected chi connectivity index (χ1v) is 6.13. The first-order chi connectivity index (χ1) is 7.97. The van der Waals surface area contributed by atoms with Gasteiger partial charge in [-0.25, -0.2) is 9.52 Å². The van der Waals surface area contributed by atoms with E-state index in [9.17, 15) is 13.2 Å². The zero-order chi connectivity index (χ0) is 13.3. The number of hydrogen-bond donors (Lipinski definition) is 1.